The Labute approximate surface area is 210 Å². The number of morpholine rings is 1. The lowest BCUT2D eigenvalue weighted by Gasteiger charge is -2.48. The monoisotopic (exact) mass is 560 g/mol. The summed E-state index contributed by atoms with van der Waals surface area (Å²) in [6, 6.07) is 6.13. The number of aryl methyl sites for hydroxylation is 1. The number of methoxy groups -OCH3 is 2. The second-order valence-corrected chi connectivity index (χ2v) is 8.53. The molecule has 182 valence electrons. The molecule has 1 saturated carbocycles. The molecule has 1 aliphatic heterocycles. The van der Waals surface area contributed by atoms with Crippen LogP contribution in [0.4, 0.5) is 0 Å². The Morgan fingerprint density at radius 3 is 2.44 bits per heavy atom. The van der Waals surface area contributed by atoms with Crippen molar-refractivity contribution in [1.29, 1.82) is 0 Å². The highest BCUT2D eigenvalue weighted by Crippen LogP contribution is 2.34. The van der Waals surface area contributed by atoms with Crippen LogP contribution in [0.25, 0.3) is 0 Å². The van der Waals surface area contributed by atoms with E-state index in [0.717, 1.165) is 69.7 Å². The van der Waals surface area contributed by atoms with Crippen LogP contribution in [0.5, 0.6) is 11.5 Å². The van der Waals surface area contributed by atoms with Crippen molar-refractivity contribution >= 4 is 29.9 Å². The summed E-state index contributed by atoms with van der Waals surface area (Å²) in [4.78, 5) is 7.12. The molecule has 1 aromatic rings. The van der Waals surface area contributed by atoms with E-state index in [1.165, 1.54) is 37.7 Å². The molecule has 1 aromatic carbocycles. The van der Waals surface area contributed by atoms with Gasteiger partial charge in [-0.25, -0.2) is 0 Å². The van der Waals surface area contributed by atoms with E-state index in [4.69, 9.17) is 14.2 Å². The topological polar surface area (TPSA) is 67.4 Å². The number of hydrogen-bond acceptors (Lipinski definition) is 5. The van der Waals surface area contributed by atoms with Crippen LogP contribution in [0.15, 0.2) is 23.2 Å². The number of guanidine groups is 1. The van der Waals surface area contributed by atoms with Crippen LogP contribution in [0.2, 0.25) is 0 Å². The maximum Gasteiger partial charge on any atom is 0.191 e. The summed E-state index contributed by atoms with van der Waals surface area (Å²) in [6.07, 6.45) is 8.50. The van der Waals surface area contributed by atoms with Crippen LogP contribution in [0.3, 0.4) is 0 Å². The summed E-state index contributed by atoms with van der Waals surface area (Å²) in [5, 5.41) is 7.12. The molecule has 2 aliphatic rings. The van der Waals surface area contributed by atoms with Crippen molar-refractivity contribution in [2.24, 2.45) is 4.99 Å². The van der Waals surface area contributed by atoms with Crippen molar-refractivity contribution in [3.63, 3.8) is 0 Å². The molecule has 0 aromatic heterocycles. The van der Waals surface area contributed by atoms with Gasteiger partial charge in [0.15, 0.2) is 17.5 Å². The van der Waals surface area contributed by atoms with Gasteiger partial charge in [0.05, 0.1) is 27.4 Å². The predicted molar refractivity (Wildman–Crippen MR) is 141 cm³/mol. The van der Waals surface area contributed by atoms with E-state index in [0.29, 0.717) is 0 Å². The molecular formula is C24H41IN4O3. The Bertz CT molecular complexity index is 704. The summed E-state index contributed by atoms with van der Waals surface area (Å²) < 4.78 is 16.3. The number of nitrogens with one attached hydrogen (secondary N) is 2. The van der Waals surface area contributed by atoms with E-state index in [1.54, 1.807) is 14.2 Å². The fourth-order valence-corrected chi connectivity index (χ4v) is 4.86. The molecular weight excluding hydrogens is 519 g/mol. The number of ether oxygens (including phenoxy) is 3. The molecule has 7 nitrogen and oxygen atoms in total. The quantitative estimate of drug-likeness (QED) is 0.209. The number of rotatable bonds is 9. The number of hydrogen-bond donors (Lipinski definition) is 2. The standard InChI is InChI=1S/C24H40N4O3.HI/c1-25-23(26-13-7-8-20-9-10-21(29-2)22(18-20)30-3)27-19-24(11-5-4-6-12-24)28-14-16-31-17-15-28;/h9-10,18H,4-8,11-17,19H2,1-3H3,(H2,25,26,27);1H. The molecule has 0 amide bonds. The molecule has 2 fully saturated rings. The predicted octanol–water partition coefficient (Wildman–Crippen LogP) is 3.45. The van der Waals surface area contributed by atoms with Gasteiger partial charge in [0.25, 0.3) is 0 Å². The van der Waals surface area contributed by atoms with E-state index in [9.17, 15) is 0 Å². The Hall–Kier alpha value is -1.26. The lowest BCUT2D eigenvalue weighted by molar-refractivity contribution is -0.0352. The highest BCUT2D eigenvalue weighted by Gasteiger charge is 2.38. The van der Waals surface area contributed by atoms with Crippen LogP contribution in [-0.2, 0) is 11.2 Å². The fraction of sp³-hybridized carbons (Fsp3) is 0.708. The molecule has 0 atom stereocenters. The third-order valence-corrected chi connectivity index (χ3v) is 6.66. The third kappa shape index (κ3) is 7.38. The van der Waals surface area contributed by atoms with E-state index in [2.05, 4.69) is 32.7 Å². The molecule has 1 saturated heterocycles. The smallest absolute Gasteiger partial charge is 0.191 e. The first-order valence-corrected chi connectivity index (χ1v) is 11.7. The average Bonchev–Trinajstić information content (AvgIpc) is 2.84. The molecule has 0 spiro atoms. The largest absolute Gasteiger partial charge is 0.493 e. The van der Waals surface area contributed by atoms with Crippen molar-refractivity contribution in [3.05, 3.63) is 23.8 Å². The van der Waals surface area contributed by atoms with Crippen LogP contribution in [0, 0.1) is 0 Å². The van der Waals surface area contributed by atoms with Gasteiger partial charge in [0, 0.05) is 38.8 Å². The Kier molecular flexibility index (Phi) is 11.9. The third-order valence-electron chi connectivity index (χ3n) is 6.66. The molecule has 1 aliphatic carbocycles. The normalized spacial score (nSPS) is 19.0. The van der Waals surface area contributed by atoms with E-state index in [1.807, 2.05) is 13.1 Å². The van der Waals surface area contributed by atoms with Gasteiger partial charge in [-0.3, -0.25) is 9.89 Å². The maximum absolute atomic E-state index is 5.60. The number of aliphatic imine (C=N–C) groups is 1. The van der Waals surface area contributed by atoms with E-state index < -0.39 is 0 Å². The van der Waals surface area contributed by atoms with Crippen molar-refractivity contribution in [2.75, 3.05) is 60.7 Å². The SMILES string of the molecule is CN=C(NCCCc1ccc(OC)c(OC)c1)NCC1(N2CCOCC2)CCCCC1.I. The van der Waals surface area contributed by atoms with E-state index in [-0.39, 0.29) is 29.5 Å². The van der Waals surface area contributed by atoms with E-state index >= 15 is 0 Å². The summed E-state index contributed by atoms with van der Waals surface area (Å²) in [7, 11) is 5.19. The number of benzene rings is 1. The lowest BCUT2D eigenvalue weighted by atomic mass is 9.80. The van der Waals surface area contributed by atoms with Crippen molar-refractivity contribution in [3.8, 4) is 11.5 Å². The zero-order valence-electron chi connectivity index (χ0n) is 20.0. The fourth-order valence-electron chi connectivity index (χ4n) is 4.86. The van der Waals surface area contributed by atoms with Crippen LogP contribution >= 0.6 is 24.0 Å². The molecule has 3 rings (SSSR count). The lowest BCUT2D eigenvalue weighted by Crippen LogP contribution is -2.60. The highest BCUT2D eigenvalue weighted by molar-refractivity contribution is 14.0. The summed E-state index contributed by atoms with van der Waals surface area (Å²) in [5.74, 6) is 2.45. The molecule has 1 heterocycles. The van der Waals surface area contributed by atoms with Crippen molar-refractivity contribution in [1.82, 2.24) is 15.5 Å². The molecule has 0 bridgehead atoms. The second kappa shape index (κ2) is 14.1. The molecule has 0 radical (unpaired) electrons. The summed E-state index contributed by atoms with van der Waals surface area (Å²) >= 11 is 0. The first-order valence-electron chi connectivity index (χ1n) is 11.7. The highest BCUT2D eigenvalue weighted by atomic mass is 127. The van der Waals surface area contributed by atoms with Gasteiger partial charge in [0.1, 0.15) is 0 Å². The molecule has 0 unspecified atom stereocenters. The zero-order valence-corrected chi connectivity index (χ0v) is 22.3. The van der Waals surface area contributed by atoms with Crippen LogP contribution < -0.4 is 20.1 Å². The zero-order chi connectivity index (χ0) is 21.9. The van der Waals surface area contributed by atoms with Crippen LogP contribution in [-0.4, -0.2) is 77.1 Å². The van der Waals surface area contributed by atoms with Gasteiger partial charge in [-0.15, -0.1) is 24.0 Å². The van der Waals surface area contributed by atoms with Gasteiger partial charge in [-0.1, -0.05) is 25.3 Å². The Morgan fingerprint density at radius 2 is 1.78 bits per heavy atom. The minimum absolute atomic E-state index is 0. The van der Waals surface area contributed by atoms with Crippen molar-refractivity contribution < 1.29 is 14.2 Å². The number of halogens is 1. The Morgan fingerprint density at radius 1 is 1.06 bits per heavy atom. The first kappa shape index (κ1) is 27.0. The minimum atomic E-state index is 0. The van der Waals surface area contributed by atoms with Gasteiger partial charge >= 0.3 is 0 Å². The minimum Gasteiger partial charge on any atom is -0.493 e. The van der Waals surface area contributed by atoms with Crippen molar-refractivity contribution in [2.45, 2.75) is 50.5 Å². The van der Waals surface area contributed by atoms with Gasteiger partial charge < -0.3 is 24.8 Å². The van der Waals surface area contributed by atoms with Gasteiger partial charge in [-0.2, -0.15) is 0 Å². The van der Waals surface area contributed by atoms with Crippen LogP contribution in [0.1, 0.15) is 44.1 Å². The first-order chi connectivity index (χ1) is 15.2. The maximum atomic E-state index is 5.60. The van der Waals surface area contributed by atoms with Gasteiger partial charge in [0.2, 0.25) is 0 Å². The van der Waals surface area contributed by atoms with Gasteiger partial charge in [-0.05, 0) is 43.4 Å². The molecule has 8 heteroatoms. The molecule has 2 N–H and O–H groups in total. The number of nitrogens with zero attached hydrogens (tertiary/aromatic N) is 2. The second-order valence-electron chi connectivity index (χ2n) is 8.53. The summed E-state index contributed by atoms with van der Waals surface area (Å²) in [6.45, 7) is 5.61. The summed E-state index contributed by atoms with van der Waals surface area (Å²) in [5.41, 5.74) is 1.48. The molecule has 32 heavy (non-hydrogen) atoms. The Balaban J connectivity index is 0.00000363. The average molecular weight is 561 g/mol.